The second kappa shape index (κ2) is 6.32. The molecule has 1 aromatic heterocycles. The Balaban J connectivity index is 2.04. The lowest BCUT2D eigenvalue weighted by Crippen LogP contribution is -2.20. The largest absolute Gasteiger partial charge is 0.478 e. The van der Waals surface area contributed by atoms with E-state index >= 15 is 0 Å². The Labute approximate surface area is 140 Å². The molecular weight excluding hydrogens is 302 g/mol. The molecule has 0 aliphatic heterocycles. The summed E-state index contributed by atoms with van der Waals surface area (Å²) in [6.07, 6.45) is 1.76. The maximum atomic E-state index is 12.8. The predicted molar refractivity (Wildman–Crippen MR) is 94.8 cm³/mol. The summed E-state index contributed by atoms with van der Waals surface area (Å²) in [5.41, 5.74) is 2.08. The molecule has 0 radical (unpaired) electrons. The van der Waals surface area contributed by atoms with E-state index in [1.54, 1.807) is 29.0 Å². The second-order valence-corrected chi connectivity index (χ2v) is 6.26. The Morgan fingerprint density at radius 3 is 2.62 bits per heavy atom. The molecule has 0 saturated heterocycles. The van der Waals surface area contributed by atoms with Crippen LogP contribution in [0.25, 0.3) is 10.8 Å². The van der Waals surface area contributed by atoms with E-state index in [2.05, 4.69) is 13.8 Å². The molecule has 0 atom stereocenters. The van der Waals surface area contributed by atoms with Crippen molar-refractivity contribution in [3.63, 3.8) is 0 Å². The highest BCUT2D eigenvalue weighted by Gasteiger charge is 2.08. The van der Waals surface area contributed by atoms with E-state index in [1.165, 1.54) is 0 Å². The number of carbonyl (C=O) groups is 1. The number of pyridine rings is 1. The fraction of sp³-hybridized carbons (Fsp3) is 0.200. The highest BCUT2D eigenvalue weighted by molar-refractivity contribution is 5.87. The van der Waals surface area contributed by atoms with Gasteiger partial charge in [-0.05, 0) is 46.7 Å². The van der Waals surface area contributed by atoms with Gasteiger partial charge in [0, 0.05) is 11.6 Å². The number of carboxylic acids is 1. The van der Waals surface area contributed by atoms with Crippen molar-refractivity contribution < 1.29 is 9.90 Å². The maximum Gasteiger partial charge on any atom is 0.335 e. The fourth-order valence-electron chi connectivity index (χ4n) is 2.78. The molecule has 3 rings (SSSR count). The van der Waals surface area contributed by atoms with Gasteiger partial charge < -0.3 is 9.67 Å². The van der Waals surface area contributed by atoms with Crippen molar-refractivity contribution in [1.29, 1.82) is 0 Å². The van der Waals surface area contributed by atoms with Crippen LogP contribution in [0.5, 0.6) is 0 Å². The molecule has 2 aromatic carbocycles. The van der Waals surface area contributed by atoms with Gasteiger partial charge in [-0.25, -0.2) is 4.79 Å². The summed E-state index contributed by atoms with van der Waals surface area (Å²) in [4.78, 5) is 23.9. The fourth-order valence-corrected chi connectivity index (χ4v) is 2.78. The van der Waals surface area contributed by atoms with Crippen molar-refractivity contribution in [3.05, 3.63) is 81.8 Å². The molecule has 0 saturated carbocycles. The first kappa shape index (κ1) is 16.0. The summed E-state index contributed by atoms with van der Waals surface area (Å²) in [7, 11) is 0. The number of rotatable bonds is 4. The maximum absolute atomic E-state index is 12.8. The summed E-state index contributed by atoms with van der Waals surface area (Å²) in [6.45, 7) is 4.54. The molecule has 0 aliphatic rings. The molecule has 3 aromatic rings. The van der Waals surface area contributed by atoms with Crippen LogP contribution in [0.1, 0.15) is 41.3 Å². The molecule has 0 spiro atoms. The van der Waals surface area contributed by atoms with Crippen molar-refractivity contribution in [3.8, 4) is 0 Å². The third-order valence-corrected chi connectivity index (χ3v) is 4.20. The Morgan fingerprint density at radius 1 is 1.12 bits per heavy atom. The first-order valence-corrected chi connectivity index (χ1v) is 7.91. The van der Waals surface area contributed by atoms with Crippen LogP contribution in [0.2, 0.25) is 0 Å². The van der Waals surface area contributed by atoms with Crippen LogP contribution < -0.4 is 5.56 Å². The number of aromatic nitrogens is 1. The highest BCUT2D eigenvalue weighted by Crippen LogP contribution is 2.19. The molecule has 4 heteroatoms. The van der Waals surface area contributed by atoms with Crippen molar-refractivity contribution in [2.24, 2.45) is 0 Å². The van der Waals surface area contributed by atoms with Crippen LogP contribution in [0.15, 0.2) is 59.5 Å². The van der Waals surface area contributed by atoms with E-state index in [-0.39, 0.29) is 11.1 Å². The molecule has 0 fully saturated rings. The number of nitrogens with zero attached hydrogens (tertiary/aromatic N) is 1. The Morgan fingerprint density at radius 2 is 1.92 bits per heavy atom. The molecule has 122 valence electrons. The van der Waals surface area contributed by atoms with Crippen molar-refractivity contribution >= 4 is 16.7 Å². The van der Waals surface area contributed by atoms with Gasteiger partial charge >= 0.3 is 5.97 Å². The number of aromatic carboxylic acids is 1. The molecular formula is C20H19NO3. The highest BCUT2D eigenvalue weighted by atomic mass is 16.4. The number of hydrogen-bond donors (Lipinski definition) is 1. The summed E-state index contributed by atoms with van der Waals surface area (Å²) < 4.78 is 1.62. The Bertz CT molecular complexity index is 970. The zero-order chi connectivity index (χ0) is 17.3. The molecule has 0 aliphatic carbocycles. The van der Waals surface area contributed by atoms with Crippen LogP contribution in [0, 0.1) is 0 Å². The number of hydrogen-bond acceptors (Lipinski definition) is 2. The minimum atomic E-state index is -0.968. The van der Waals surface area contributed by atoms with Gasteiger partial charge in [0.05, 0.1) is 12.1 Å². The Hall–Kier alpha value is -2.88. The van der Waals surface area contributed by atoms with E-state index in [9.17, 15) is 9.59 Å². The van der Waals surface area contributed by atoms with E-state index in [0.29, 0.717) is 17.8 Å². The standard InChI is InChI=1S/C20H19NO3/c1-13(2)16-7-6-15-8-9-21(19(22)18(15)11-16)12-14-4-3-5-17(10-14)20(23)24/h3-11,13H,12H2,1-2H3,(H,23,24). The number of benzene rings is 2. The molecule has 1 N–H and O–H groups in total. The van der Waals surface area contributed by atoms with Crippen molar-refractivity contribution in [2.45, 2.75) is 26.3 Å². The first-order valence-electron chi connectivity index (χ1n) is 7.91. The minimum absolute atomic E-state index is 0.0595. The van der Waals surface area contributed by atoms with Gasteiger partial charge in [-0.15, -0.1) is 0 Å². The number of carboxylic acid groups (broad SMARTS) is 1. The SMILES string of the molecule is CC(C)c1ccc2ccn(Cc3cccc(C(=O)O)c3)c(=O)c2c1. The van der Waals surface area contributed by atoms with Gasteiger partial charge in [-0.2, -0.15) is 0 Å². The van der Waals surface area contributed by atoms with Crippen LogP contribution in [-0.2, 0) is 6.54 Å². The third-order valence-electron chi connectivity index (χ3n) is 4.20. The summed E-state index contributed by atoms with van der Waals surface area (Å²) in [5, 5.41) is 10.7. The van der Waals surface area contributed by atoms with Gasteiger partial charge in [0.2, 0.25) is 0 Å². The molecule has 1 heterocycles. The summed E-state index contributed by atoms with van der Waals surface area (Å²) in [5.74, 6) is -0.612. The first-order chi connectivity index (χ1) is 11.5. The second-order valence-electron chi connectivity index (χ2n) is 6.26. The van der Waals surface area contributed by atoms with Gasteiger partial charge in [0.15, 0.2) is 0 Å². The minimum Gasteiger partial charge on any atom is -0.478 e. The third kappa shape index (κ3) is 3.08. The van der Waals surface area contributed by atoms with E-state index in [0.717, 1.165) is 16.5 Å². The van der Waals surface area contributed by atoms with Crippen LogP contribution in [0.4, 0.5) is 0 Å². The normalized spacial score (nSPS) is 11.1. The molecule has 0 bridgehead atoms. The van der Waals surface area contributed by atoms with E-state index < -0.39 is 5.97 Å². The average Bonchev–Trinajstić information content (AvgIpc) is 2.57. The zero-order valence-electron chi connectivity index (χ0n) is 13.7. The molecule has 0 unspecified atom stereocenters. The lowest BCUT2D eigenvalue weighted by Gasteiger charge is -2.10. The predicted octanol–water partition coefficient (Wildman–Crippen LogP) is 3.87. The van der Waals surface area contributed by atoms with Crippen LogP contribution >= 0.6 is 0 Å². The number of fused-ring (bicyclic) bond motifs is 1. The van der Waals surface area contributed by atoms with Gasteiger partial charge in [0.1, 0.15) is 0 Å². The summed E-state index contributed by atoms with van der Waals surface area (Å²) >= 11 is 0. The van der Waals surface area contributed by atoms with E-state index in [4.69, 9.17) is 5.11 Å². The average molecular weight is 321 g/mol. The van der Waals surface area contributed by atoms with Gasteiger partial charge in [0.25, 0.3) is 5.56 Å². The van der Waals surface area contributed by atoms with Crippen LogP contribution in [-0.4, -0.2) is 15.6 Å². The quantitative estimate of drug-likeness (QED) is 0.793. The monoisotopic (exact) mass is 321 g/mol. The Kier molecular flexibility index (Phi) is 4.21. The topological polar surface area (TPSA) is 59.3 Å². The lowest BCUT2D eigenvalue weighted by atomic mass is 10.00. The van der Waals surface area contributed by atoms with Crippen molar-refractivity contribution in [2.75, 3.05) is 0 Å². The smallest absolute Gasteiger partial charge is 0.335 e. The van der Waals surface area contributed by atoms with Crippen LogP contribution in [0.3, 0.4) is 0 Å². The summed E-state index contributed by atoms with van der Waals surface area (Å²) in [6, 6.07) is 14.6. The van der Waals surface area contributed by atoms with Gasteiger partial charge in [-0.3, -0.25) is 4.79 Å². The molecule has 0 amide bonds. The van der Waals surface area contributed by atoms with Gasteiger partial charge in [-0.1, -0.05) is 38.1 Å². The van der Waals surface area contributed by atoms with E-state index in [1.807, 2.05) is 30.3 Å². The zero-order valence-corrected chi connectivity index (χ0v) is 13.7. The molecule has 4 nitrogen and oxygen atoms in total. The van der Waals surface area contributed by atoms with Crippen molar-refractivity contribution in [1.82, 2.24) is 4.57 Å². The lowest BCUT2D eigenvalue weighted by molar-refractivity contribution is 0.0696. The molecule has 24 heavy (non-hydrogen) atoms.